The lowest BCUT2D eigenvalue weighted by Gasteiger charge is -2.31. The summed E-state index contributed by atoms with van der Waals surface area (Å²) in [5, 5.41) is 9.05. The summed E-state index contributed by atoms with van der Waals surface area (Å²) in [6, 6.07) is 19.5. The number of methoxy groups -OCH3 is 1. The largest absolute Gasteiger partial charge is 0.380 e. The summed E-state index contributed by atoms with van der Waals surface area (Å²) < 4.78 is 9.85. The maximum Gasteiger partial charge on any atom is 0.123 e. The fourth-order valence-corrected chi connectivity index (χ4v) is 4.84. The van der Waals surface area contributed by atoms with Gasteiger partial charge in [0.2, 0.25) is 0 Å². The molecular weight excluding hydrogens is 410 g/mol. The van der Waals surface area contributed by atoms with E-state index < -0.39 is 0 Å². The molecule has 0 atom stereocenters. The second-order valence-electron chi connectivity index (χ2n) is 8.80. The van der Waals surface area contributed by atoms with E-state index in [2.05, 4.69) is 80.5 Å². The number of hydrogen-bond acceptors (Lipinski definition) is 4. The molecule has 6 nitrogen and oxygen atoms in total. The van der Waals surface area contributed by atoms with Gasteiger partial charge in [0.1, 0.15) is 12.7 Å². The van der Waals surface area contributed by atoms with Gasteiger partial charge in [-0.1, -0.05) is 35.9 Å². The quantitative estimate of drug-likeness (QED) is 0.359. The van der Waals surface area contributed by atoms with E-state index in [4.69, 9.17) is 4.74 Å². The molecular formula is C27H31N5O. The Labute approximate surface area is 195 Å². The topological polar surface area (TPSA) is 48.1 Å². The van der Waals surface area contributed by atoms with Crippen molar-refractivity contribution in [2.45, 2.75) is 25.8 Å². The zero-order valence-electron chi connectivity index (χ0n) is 19.2. The van der Waals surface area contributed by atoms with Crippen molar-refractivity contribution >= 4 is 10.9 Å². The van der Waals surface area contributed by atoms with Gasteiger partial charge in [-0.25, -0.2) is 0 Å². The van der Waals surface area contributed by atoms with Crippen LogP contribution in [0.3, 0.4) is 0 Å². The standard InChI is InChI=1S/C27H31N5O/c1-33-19-25-18-30(14-10-23(25)16-22-6-3-2-4-7-22)12-5-13-31-15-11-24-17-26(8-9-27(24)31)32-20-28-29-21-32/h2-4,6-9,11,15,17,20-21H,5,10,12-14,16,18-19H2,1H3. The molecule has 0 unspecified atom stereocenters. The van der Waals surface area contributed by atoms with Crippen LogP contribution in [-0.4, -0.2) is 57.6 Å². The van der Waals surface area contributed by atoms with Gasteiger partial charge in [-0.05, 0) is 54.7 Å². The van der Waals surface area contributed by atoms with Crippen LogP contribution in [-0.2, 0) is 17.7 Å². The number of ether oxygens (including phenoxy) is 1. The molecule has 1 aliphatic heterocycles. The molecule has 1 aliphatic rings. The summed E-state index contributed by atoms with van der Waals surface area (Å²) in [5.74, 6) is 0. The molecule has 2 aromatic heterocycles. The molecule has 5 rings (SSSR count). The lowest BCUT2D eigenvalue weighted by atomic mass is 9.94. The van der Waals surface area contributed by atoms with Gasteiger partial charge in [-0.15, -0.1) is 10.2 Å². The molecule has 170 valence electrons. The Morgan fingerprint density at radius 3 is 2.61 bits per heavy atom. The highest BCUT2D eigenvalue weighted by molar-refractivity contribution is 5.82. The molecule has 4 aromatic rings. The zero-order valence-corrected chi connectivity index (χ0v) is 19.2. The van der Waals surface area contributed by atoms with Crippen LogP contribution >= 0.6 is 0 Å². The summed E-state index contributed by atoms with van der Waals surface area (Å²) in [5.41, 5.74) is 6.76. The second kappa shape index (κ2) is 10.1. The Bertz CT molecular complexity index is 1210. The summed E-state index contributed by atoms with van der Waals surface area (Å²) in [6.07, 6.45) is 8.96. The summed E-state index contributed by atoms with van der Waals surface area (Å²) in [6.45, 7) is 5.00. The average Bonchev–Trinajstić information content (AvgIpc) is 3.52. The number of rotatable bonds is 9. The first-order valence-electron chi connectivity index (χ1n) is 11.7. The number of hydrogen-bond donors (Lipinski definition) is 0. The Morgan fingerprint density at radius 1 is 0.939 bits per heavy atom. The first-order valence-corrected chi connectivity index (χ1v) is 11.7. The average molecular weight is 442 g/mol. The van der Waals surface area contributed by atoms with Crippen molar-refractivity contribution < 1.29 is 4.74 Å². The van der Waals surface area contributed by atoms with E-state index in [1.165, 1.54) is 22.0 Å². The molecule has 0 N–H and O–H groups in total. The normalized spacial score (nSPS) is 14.9. The number of nitrogens with zero attached hydrogens (tertiary/aromatic N) is 5. The molecule has 0 amide bonds. The van der Waals surface area contributed by atoms with Crippen LogP contribution in [0, 0.1) is 0 Å². The molecule has 0 bridgehead atoms. The molecule has 33 heavy (non-hydrogen) atoms. The molecule has 0 spiro atoms. The van der Waals surface area contributed by atoms with Crippen LogP contribution in [0.2, 0.25) is 0 Å². The van der Waals surface area contributed by atoms with E-state index in [0.29, 0.717) is 0 Å². The highest BCUT2D eigenvalue weighted by atomic mass is 16.5. The molecule has 0 saturated heterocycles. The lowest BCUT2D eigenvalue weighted by Crippen LogP contribution is -2.34. The van der Waals surface area contributed by atoms with Crippen molar-refractivity contribution in [1.29, 1.82) is 0 Å². The molecule has 0 aliphatic carbocycles. The molecule has 2 aromatic carbocycles. The fourth-order valence-electron chi connectivity index (χ4n) is 4.84. The van der Waals surface area contributed by atoms with Gasteiger partial charge in [0.05, 0.1) is 6.61 Å². The van der Waals surface area contributed by atoms with Crippen molar-refractivity contribution in [3.05, 3.63) is 90.2 Å². The van der Waals surface area contributed by atoms with Gasteiger partial charge < -0.3 is 9.30 Å². The van der Waals surface area contributed by atoms with Gasteiger partial charge in [0, 0.05) is 56.1 Å². The predicted octanol–water partition coefficient (Wildman–Crippen LogP) is 4.50. The third kappa shape index (κ3) is 5.07. The molecule has 3 heterocycles. The minimum atomic E-state index is 0.732. The first kappa shape index (κ1) is 21.6. The van der Waals surface area contributed by atoms with Crippen LogP contribution in [0.15, 0.2) is 84.6 Å². The molecule has 0 radical (unpaired) electrons. The SMILES string of the molecule is COCC1=C(Cc2ccccc2)CCN(CCCn2ccc3cc(-n4cnnc4)ccc32)C1. The van der Waals surface area contributed by atoms with Crippen molar-refractivity contribution in [2.24, 2.45) is 0 Å². The van der Waals surface area contributed by atoms with Crippen LogP contribution in [0.1, 0.15) is 18.4 Å². The second-order valence-corrected chi connectivity index (χ2v) is 8.80. The van der Waals surface area contributed by atoms with Crippen molar-refractivity contribution in [3.8, 4) is 5.69 Å². The van der Waals surface area contributed by atoms with Crippen LogP contribution in [0.25, 0.3) is 16.6 Å². The monoisotopic (exact) mass is 441 g/mol. The van der Waals surface area contributed by atoms with Crippen LogP contribution < -0.4 is 0 Å². The fraction of sp³-hybridized carbons (Fsp3) is 0.333. The van der Waals surface area contributed by atoms with Crippen LogP contribution in [0.5, 0.6) is 0 Å². The maximum absolute atomic E-state index is 5.55. The number of aryl methyl sites for hydroxylation is 1. The van der Waals surface area contributed by atoms with Gasteiger partial charge in [-0.3, -0.25) is 9.47 Å². The Hall–Kier alpha value is -3.22. The van der Waals surface area contributed by atoms with Gasteiger partial charge in [0.15, 0.2) is 0 Å². The van der Waals surface area contributed by atoms with Crippen molar-refractivity contribution in [1.82, 2.24) is 24.2 Å². The number of aromatic nitrogens is 4. The number of benzene rings is 2. The molecule has 6 heteroatoms. The van der Waals surface area contributed by atoms with E-state index in [-0.39, 0.29) is 0 Å². The third-order valence-electron chi connectivity index (χ3n) is 6.57. The predicted molar refractivity (Wildman–Crippen MR) is 132 cm³/mol. The van der Waals surface area contributed by atoms with Crippen molar-refractivity contribution in [3.63, 3.8) is 0 Å². The maximum atomic E-state index is 5.55. The lowest BCUT2D eigenvalue weighted by molar-refractivity contribution is 0.199. The van der Waals surface area contributed by atoms with E-state index in [0.717, 1.165) is 57.7 Å². The summed E-state index contributed by atoms with van der Waals surface area (Å²) in [7, 11) is 1.80. The number of fused-ring (bicyclic) bond motifs is 1. The molecule has 0 fully saturated rings. The third-order valence-corrected chi connectivity index (χ3v) is 6.57. The highest BCUT2D eigenvalue weighted by Gasteiger charge is 2.19. The highest BCUT2D eigenvalue weighted by Crippen LogP contribution is 2.23. The first-order chi connectivity index (χ1) is 16.3. The van der Waals surface area contributed by atoms with Gasteiger partial charge >= 0.3 is 0 Å². The Kier molecular flexibility index (Phi) is 6.65. The summed E-state index contributed by atoms with van der Waals surface area (Å²) in [4.78, 5) is 2.58. The minimum Gasteiger partial charge on any atom is -0.380 e. The summed E-state index contributed by atoms with van der Waals surface area (Å²) >= 11 is 0. The van der Waals surface area contributed by atoms with E-state index in [1.54, 1.807) is 25.3 Å². The Balaban J connectivity index is 1.19. The smallest absolute Gasteiger partial charge is 0.123 e. The van der Waals surface area contributed by atoms with E-state index in [1.807, 2.05) is 4.57 Å². The van der Waals surface area contributed by atoms with E-state index in [9.17, 15) is 0 Å². The van der Waals surface area contributed by atoms with Gasteiger partial charge in [0.25, 0.3) is 0 Å². The van der Waals surface area contributed by atoms with E-state index >= 15 is 0 Å². The molecule has 0 saturated carbocycles. The van der Waals surface area contributed by atoms with Gasteiger partial charge in [-0.2, -0.15) is 0 Å². The van der Waals surface area contributed by atoms with Crippen LogP contribution in [0.4, 0.5) is 0 Å². The zero-order chi connectivity index (χ0) is 22.5. The Morgan fingerprint density at radius 2 is 1.79 bits per heavy atom. The van der Waals surface area contributed by atoms with Crippen molar-refractivity contribution in [2.75, 3.05) is 33.4 Å². The minimum absolute atomic E-state index is 0.732.